The molecule has 0 saturated carbocycles. The summed E-state index contributed by atoms with van der Waals surface area (Å²) in [7, 11) is 0. The highest BCUT2D eigenvalue weighted by Crippen LogP contribution is 2.25. The summed E-state index contributed by atoms with van der Waals surface area (Å²) in [4.78, 5) is 2.50. The third kappa shape index (κ3) is 4.13. The summed E-state index contributed by atoms with van der Waals surface area (Å²) in [6, 6.07) is 8.50. The van der Waals surface area contributed by atoms with Gasteiger partial charge in [-0.25, -0.2) is 0 Å². The van der Waals surface area contributed by atoms with E-state index in [9.17, 15) is 0 Å². The lowest BCUT2D eigenvalue weighted by molar-refractivity contribution is 0.325. The van der Waals surface area contributed by atoms with Crippen molar-refractivity contribution in [2.45, 2.75) is 27.2 Å². The van der Waals surface area contributed by atoms with Crippen LogP contribution >= 0.6 is 0 Å². The zero-order valence-corrected chi connectivity index (χ0v) is 12.4. The van der Waals surface area contributed by atoms with Crippen molar-refractivity contribution < 1.29 is 4.74 Å². The molecule has 2 rings (SSSR count). The maximum absolute atomic E-state index is 5.51. The molecule has 3 nitrogen and oxygen atoms in total. The topological polar surface area (TPSA) is 24.5 Å². The predicted octanol–water partition coefficient (Wildman–Crippen LogP) is 2.91. The SMILES string of the molecule is CCOc1ccc(N2CCCNCC(C)(C)C2)cc1. The molecule has 1 aromatic rings. The summed E-state index contributed by atoms with van der Waals surface area (Å²) in [6.45, 7) is 11.8. The number of rotatable bonds is 3. The van der Waals surface area contributed by atoms with Gasteiger partial charge in [-0.05, 0) is 49.6 Å². The molecule has 0 aromatic heterocycles. The molecule has 0 amide bonds. The van der Waals surface area contributed by atoms with Crippen LogP contribution in [-0.2, 0) is 0 Å². The Morgan fingerprint density at radius 3 is 2.68 bits per heavy atom. The normalized spacial score (nSPS) is 19.6. The fourth-order valence-corrected chi connectivity index (χ4v) is 2.61. The first-order valence-corrected chi connectivity index (χ1v) is 7.29. The van der Waals surface area contributed by atoms with Gasteiger partial charge in [-0.3, -0.25) is 0 Å². The Bertz CT molecular complexity index is 386. The zero-order valence-electron chi connectivity index (χ0n) is 12.4. The fraction of sp³-hybridized carbons (Fsp3) is 0.625. The number of benzene rings is 1. The maximum Gasteiger partial charge on any atom is 0.119 e. The Kier molecular flexibility index (Phi) is 4.70. The van der Waals surface area contributed by atoms with E-state index in [1.807, 2.05) is 6.92 Å². The molecule has 1 aromatic carbocycles. The smallest absolute Gasteiger partial charge is 0.119 e. The molecular weight excluding hydrogens is 236 g/mol. The number of nitrogens with zero attached hydrogens (tertiary/aromatic N) is 1. The van der Waals surface area contributed by atoms with E-state index in [0.717, 1.165) is 38.5 Å². The van der Waals surface area contributed by atoms with Gasteiger partial charge in [0.25, 0.3) is 0 Å². The van der Waals surface area contributed by atoms with Gasteiger partial charge in [0, 0.05) is 25.3 Å². The summed E-state index contributed by atoms with van der Waals surface area (Å²) in [6.07, 6.45) is 1.20. The molecule has 1 N–H and O–H groups in total. The summed E-state index contributed by atoms with van der Waals surface area (Å²) in [5.74, 6) is 0.958. The van der Waals surface area contributed by atoms with Crippen LogP contribution in [0.25, 0.3) is 0 Å². The van der Waals surface area contributed by atoms with Gasteiger partial charge < -0.3 is 15.0 Å². The molecule has 0 atom stereocenters. The summed E-state index contributed by atoms with van der Waals surface area (Å²) >= 11 is 0. The van der Waals surface area contributed by atoms with E-state index >= 15 is 0 Å². The van der Waals surface area contributed by atoms with Crippen LogP contribution < -0.4 is 15.0 Å². The van der Waals surface area contributed by atoms with Gasteiger partial charge >= 0.3 is 0 Å². The zero-order chi connectivity index (χ0) is 13.7. The molecule has 1 aliphatic heterocycles. The molecule has 0 spiro atoms. The Balaban J connectivity index is 2.09. The van der Waals surface area contributed by atoms with Crippen molar-refractivity contribution in [3.63, 3.8) is 0 Å². The second-order valence-electron chi connectivity index (χ2n) is 6.04. The second kappa shape index (κ2) is 6.29. The fourth-order valence-electron chi connectivity index (χ4n) is 2.61. The minimum absolute atomic E-state index is 0.305. The van der Waals surface area contributed by atoms with Crippen LogP contribution in [0, 0.1) is 5.41 Å². The van der Waals surface area contributed by atoms with E-state index in [2.05, 4.69) is 48.3 Å². The van der Waals surface area contributed by atoms with Gasteiger partial charge in [0.05, 0.1) is 6.61 Å². The Morgan fingerprint density at radius 1 is 1.26 bits per heavy atom. The van der Waals surface area contributed by atoms with E-state index < -0.39 is 0 Å². The van der Waals surface area contributed by atoms with Crippen LogP contribution in [0.4, 0.5) is 5.69 Å². The summed E-state index contributed by atoms with van der Waals surface area (Å²) < 4.78 is 5.51. The standard InChI is InChI=1S/C16H26N2O/c1-4-19-15-8-6-14(7-9-15)18-11-5-10-17-12-16(2,3)13-18/h6-9,17H,4-5,10-13H2,1-3H3. The van der Waals surface area contributed by atoms with Crippen LogP contribution in [0.15, 0.2) is 24.3 Å². The van der Waals surface area contributed by atoms with E-state index in [1.165, 1.54) is 12.1 Å². The minimum Gasteiger partial charge on any atom is -0.494 e. The highest BCUT2D eigenvalue weighted by molar-refractivity contribution is 5.49. The summed E-state index contributed by atoms with van der Waals surface area (Å²) in [5, 5.41) is 3.53. The first-order valence-electron chi connectivity index (χ1n) is 7.29. The number of hydrogen-bond acceptors (Lipinski definition) is 3. The number of nitrogens with one attached hydrogen (secondary N) is 1. The lowest BCUT2D eigenvalue weighted by Crippen LogP contribution is -2.44. The maximum atomic E-state index is 5.51. The number of ether oxygens (including phenoxy) is 1. The average molecular weight is 262 g/mol. The monoisotopic (exact) mass is 262 g/mol. The number of hydrogen-bond donors (Lipinski definition) is 1. The molecule has 1 fully saturated rings. The van der Waals surface area contributed by atoms with Gasteiger partial charge in [0.1, 0.15) is 5.75 Å². The third-order valence-electron chi connectivity index (χ3n) is 3.52. The van der Waals surface area contributed by atoms with Crippen molar-refractivity contribution >= 4 is 5.69 Å². The molecule has 1 aliphatic rings. The molecule has 1 saturated heterocycles. The van der Waals surface area contributed by atoms with Crippen molar-refractivity contribution in [3.05, 3.63) is 24.3 Å². The van der Waals surface area contributed by atoms with Crippen LogP contribution in [0.2, 0.25) is 0 Å². The molecule has 1 heterocycles. The summed E-state index contributed by atoms with van der Waals surface area (Å²) in [5.41, 5.74) is 1.61. The quantitative estimate of drug-likeness (QED) is 0.906. The molecule has 0 bridgehead atoms. The van der Waals surface area contributed by atoms with Crippen molar-refractivity contribution in [1.82, 2.24) is 5.32 Å². The van der Waals surface area contributed by atoms with Crippen molar-refractivity contribution in [2.24, 2.45) is 5.41 Å². The minimum atomic E-state index is 0.305. The molecule has 3 heteroatoms. The lowest BCUT2D eigenvalue weighted by Gasteiger charge is -2.36. The van der Waals surface area contributed by atoms with E-state index in [4.69, 9.17) is 4.74 Å². The molecule has 0 radical (unpaired) electrons. The predicted molar refractivity (Wildman–Crippen MR) is 81.1 cm³/mol. The molecular formula is C16H26N2O. The van der Waals surface area contributed by atoms with E-state index in [1.54, 1.807) is 0 Å². The van der Waals surface area contributed by atoms with Gasteiger partial charge in [0.2, 0.25) is 0 Å². The Labute approximate surface area is 116 Å². The Morgan fingerprint density at radius 2 is 2.00 bits per heavy atom. The molecule has 0 unspecified atom stereocenters. The molecule has 0 aliphatic carbocycles. The molecule has 106 valence electrons. The van der Waals surface area contributed by atoms with Crippen molar-refractivity contribution in [2.75, 3.05) is 37.7 Å². The third-order valence-corrected chi connectivity index (χ3v) is 3.52. The molecule has 19 heavy (non-hydrogen) atoms. The highest BCUT2D eigenvalue weighted by atomic mass is 16.5. The van der Waals surface area contributed by atoms with Gasteiger partial charge in [0.15, 0.2) is 0 Å². The largest absolute Gasteiger partial charge is 0.494 e. The van der Waals surface area contributed by atoms with Crippen LogP contribution in [0.3, 0.4) is 0 Å². The number of anilines is 1. The van der Waals surface area contributed by atoms with Gasteiger partial charge in [-0.15, -0.1) is 0 Å². The van der Waals surface area contributed by atoms with Crippen LogP contribution in [-0.4, -0.2) is 32.8 Å². The van der Waals surface area contributed by atoms with Gasteiger partial charge in [-0.2, -0.15) is 0 Å². The first-order chi connectivity index (χ1) is 9.11. The first kappa shape index (κ1) is 14.2. The van der Waals surface area contributed by atoms with Crippen LogP contribution in [0.5, 0.6) is 5.75 Å². The highest BCUT2D eigenvalue weighted by Gasteiger charge is 2.23. The van der Waals surface area contributed by atoms with Gasteiger partial charge in [-0.1, -0.05) is 13.8 Å². The second-order valence-corrected chi connectivity index (χ2v) is 6.04. The van der Waals surface area contributed by atoms with Crippen molar-refractivity contribution in [1.29, 1.82) is 0 Å². The van der Waals surface area contributed by atoms with E-state index in [0.29, 0.717) is 5.41 Å². The van der Waals surface area contributed by atoms with Crippen molar-refractivity contribution in [3.8, 4) is 5.75 Å². The average Bonchev–Trinajstić information content (AvgIpc) is 2.36. The van der Waals surface area contributed by atoms with Crippen LogP contribution in [0.1, 0.15) is 27.2 Å². The Hall–Kier alpha value is -1.22. The lowest BCUT2D eigenvalue weighted by atomic mass is 9.91. The van der Waals surface area contributed by atoms with E-state index in [-0.39, 0.29) is 0 Å².